The molecule has 0 atom stereocenters. The third-order valence-corrected chi connectivity index (χ3v) is 3.22. The number of aliphatic hydroxyl groups excluding tert-OH is 1. The molecule has 7 heteroatoms. The normalized spacial score (nSPS) is 10.7. The molecule has 0 aliphatic carbocycles. The minimum absolute atomic E-state index is 0.0452. The van der Waals surface area contributed by atoms with Crippen molar-refractivity contribution < 1.29 is 14.3 Å². The Bertz CT molecular complexity index is 625. The van der Waals surface area contributed by atoms with E-state index in [2.05, 4.69) is 15.6 Å². The van der Waals surface area contributed by atoms with Gasteiger partial charge in [0, 0.05) is 13.0 Å². The molecule has 0 spiro atoms. The maximum absolute atomic E-state index is 13.0. The average molecular weight is 306 g/mol. The first kappa shape index (κ1) is 16.1. The molecular formula is C15H19FN4O2. The summed E-state index contributed by atoms with van der Waals surface area (Å²) in [4.78, 5) is 11.8. The van der Waals surface area contributed by atoms with Gasteiger partial charge < -0.3 is 10.4 Å². The van der Waals surface area contributed by atoms with Crippen LogP contribution in [0.5, 0.6) is 0 Å². The largest absolute Gasteiger partial charge is 0.390 e. The molecule has 0 bridgehead atoms. The van der Waals surface area contributed by atoms with Crippen LogP contribution in [0, 0.1) is 5.82 Å². The van der Waals surface area contributed by atoms with Crippen LogP contribution in [0.2, 0.25) is 0 Å². The fraction of sp³-hybridized carbons (Fsp3) is 0.400. The first-order valence-electron chi connectivity index (χ1n) is 7.17. The molecule has 0 aliphatic heterocycles. The summed E-state index contributed by atoms with van der Waals surface area (Å²) in [6.45, 7) is 2.36. The lowest BCUT2D eigenvalue weighted by atomic mass is 10.1. The minimum Gasteiger partial charge on any atom is -0.390 e. The number of rotatable bonds is 7. The SMILES string of the molecule is CCCNC(=O)Cn1nnc(CO)c1Cc1ccc(F)cc1. The molecule has 1 heterocycles. The van der Waals surface area contributed by atoms with Crippen LogP contribution in [0.4, 0.5) is 4.39 Å². The number of aliphatic hydroxyl groups is 1. The second kappa shape index (κ2) is 7.65. The van der Waals surface area contributed by atoms with Crippen LogP contribution in [0.1, 0.15) is 30.3 Å². The van der Waals surface area contributed by atoms with Gasteiger partial charge in [-0.3, -0.25) is 4.79 Å². The fourth-order valence-corrected chi connectivity index (χ4v) is 2.06. The van der Waals surface area contributed by atoms with Gasteiger partial charge in [-0.15, -0.1) is 5.10 Å². The Balaban J connectivity index is 2.16. The van der Waals surface area contributed by atoms with E-state index >= 15 is 0 Å². The third-order valence-electron chi connectivity index (χ3n) is 3.22. The standard InChI is InChI=1S/C15H19FN4O2/c1-2-7-17-15(22)9-20-14(13(10-21)18-19-20)8-11-3-5-12(16)6-4-11/h3-6,21H,2,7-10H2,1H3,(H,17,22). The fourth-order valence-electron chi connectivity index (χ4n) is 2.06. The van der Waals surface area contributed by atoms with Crippen LogP contribution in [0.15, 0.2) is 24.3 Å². The summed E-state index contributed by atoms with van der Waals surface area (Å²) in [6, 6.07) is 6.06. The molecule has 2 N–H and O–H groups in total. The highest BCUT2D eigenvalue weighted by molar-refractivity contribution is 5.75. The second-order valence-corrected chi connectivity index (χ2v) is 4.95. The van der Waals surface area contributed by atoms with Crippen molar-refractivity contribution in [1.82, 2.24) is 20.3 Å². The number of nitrogens with one attached hydrogen (secondary N) is 1. The highest BCUT2D eigenvalue weighted by Crippen LogP contribution is 2.13. The van der Waals surface area contributed by atoms with E-state index in [4.69, 9.17) is 0 Å². The van der Waals surface area contributed by atoms with Gasteiger partial charge in [0.15, 0.2) is 0 Å². The number of carbonyl (C=O) groups is 1. The van der Waals surface area contributed by atoms with Gasteiger partial charge in [0.1, 0.15) is 18.1 Å². The zero-order chi connectivity index (χ0) is 15.9. The molecule has 22 heavy (non-hydrogen) atoms. The first-order chi connectivity index (χ1) is 10.6. The highest BCUT2D eigenvalue weighted by Gasteiger charge is 2.15. The van der Waals surface area contributed by atoms with E-state index in [0.29, 0.717) is 24.4 Å². The summed E-state index contributed by atoms with van der Waals surface area (Å²) < 4.78 is 14.4. The van der Waals surface area contributed by atoms with E-state index in [1.54, 1.807) is 12.1 Å². The molecule has 0 saturated carbocycles. The van der Waals surface area contributed by atoms with Crippen LogP contribution in [0.25, 0.3) is 0 Å². The Hall–Kier alpha value is -2.28. The minimum atomic E-state index is -0.309. The molecule has 0 aliphatic rings. The van der Waals surface area contributed by atoms with E-state index in [0.717, 1.165) is 12.0 Å². The number of amides is 1. The summed E-state index contributed by atoms with van der Waals surface area (Å²) in [6.07, 6.45) is 1.28. The van der Waals surface area contributed by atoms with Gasteiger partial charge in [0.25, 0.3) is 0 Å². The maximum Gasteiger partial charge on any atom is 0.241 e. The smallest absolute Gasteiger partial charge is 0.241 e. The van der Waals surface area contributed by atoms with Gasteiger partial charge in [0.05, 0.1) is 12.3 Å². The summed E-state index contributed by atoms with van der Waals surface area (Å²) in [5.74, 6) is -0.465. The van der Waals surface area contributed by atoms with Crippen LogP contribution in [0.3, 0.4) is 0 Å². The van der Waals surface area contributed by atoms with Gasteiger partial charge in [-0.05, 0) is 24.1 Å². The number of hydrogen-bond acceptors (Lipinski definition) is 4. The van der Waals surface area contributed by atoms with E-state index in [1.165, 1.54) is 16.8 Å². The molecule has 1 aromatic carbocycles. The van der Waals surface area contributed by atoms with Gasteiger partial charge in [-0.2, -0.15) is 0 Å². The van der Waals surface area contributed by atoms with Gasteiger partial charge >= 0.3 is 0 Å². The van der Waals surface area contributed by atoms with Crippen molar-refractivity contribution in [3.05, 3.63) is 47.0 Å². The average Bonchev–Trinajstić information content (AvgIpc) is 2.89. The third kappa shape index (κ3) is 4.11. The summed E-state index contributed by atoms with van der Waals surface area (Å²) in [5.41, 5.74) is 1.93. The molecule has 2 rings (SSSR count). The number of benzene rings is 1. The summed E-state index contributed by atoms with van der Waals surface area (Å²) in [7, 11) is 0. The van der Waals surface area contributed by atoms with E-state index in [-0.39, 0.29) is 24.9 Å². The molecule has 6 nitrogen and oxygen atoms in total. The summed E-state index contributed by atoms with van der Waals surface area (Å²) in [5, 5.41) is 19.9. The van der Waals surface area contributed by atoms with Gasteiger partial charge in [-0.1, -0.05) is 24.3 Å². The molecule has 0 fully saturated rings. The van der Waals surface area contributed by atoms with Crippen molar-refractivity contribution in [2.75, 3.05) is 6.54 Å². The van der Waals surface area contributed by atoms with Gasteiger partial charge in [0.2, 0.25) is 5.91 Å². The van der Waals surface area contributed by atoms with Crippen LogP contribution in [-0.2, 0) is 24.4 Å². The summed E-state index contributed by atoms with van der Waals surface area (Å²) >= 11 is 0. The van der Waals surface area contributed by atoms with Crippen molar-refractivity contribution in [3.63, 3.8) is 0 Å². The Morgan fingerprint density at radius 3 is 2.73 bits per heavy atom. The Kier molecular flexibility index (Phi) is 5.60. The van der Waals surface area contributed by atoms with E-state index in [1.807, 2.05) is 6.92 Å². The Labute approximate surface area is 128 Å². The molecule has 1 amide bonds. The number of hydrogen-bond donors (Lipinski definition) is 2. The lowest BCUT2D eigenvalue weighted by Crippen LogP contribution is -2.29. The van der Waals surface area contributed by atoms with Crippen molar-refractivity contribution in [2.24, 2.45) is 0 Å². The number of halogens is 1. The van der Waals surface area contributed by atoms with Crippen molar-refractivity contribution in [1.29, 1.82) is 0 Å². The second-order valence-electron chi connectivity index (χ2n) is 4.95. The zero-order valence-electron chi connectivity index (χ0n) is 12.4. The van der Waals surface area contributed by atoms with Crippen molar-refractivity contribution in [3.8, 4) is 0 Å². The predicted molar refractivity (Wildman–Crippen MR) is 78.5 cm³/mol. The topological polar surface area (TPSA) is 80.0 Å². The number of aromatic nitrogens is 3. The molecule has 0 unspecified atom stereocenters. The molecule has 118 valence electrons. The van der Waals surface area contributed by atoms with Crippen molar-refractivity contribution in [2.45, 2.75) is 32.9 Å². The van der Waals surface area contributed by atoms with Crippen LogP contribution in [-0.4, -0.2) is 32.6 Å². The molecule has 0 saturated heterocycles. The lowest BCUT2D eigenvalue weighted by molar-refractivity contribution is -0.121. The van der Waals surface area contributed by atoms with Crippen LogP contribution < -0.4 is 5.32 Å². The zero-order valence-corrected chi connectivity index (χ0v) is 12.4. The molecular weight excluding hydrogens is 287 g/mol. The lowest BCUT2D eigenvalue weighted by Gasteiger charge is -2.08. The molecule has 2 aromatic rings. The predicted octanol–water partition coefficient (Wildman–Crippen LogP) is 1.03. The number of nitrogens with zero attached hydrogens (tertiary/aromatic N) is 3. The van der Waals surface area contributed by atoms with E-state index < -0.39 is 0 Å². The van der Waals surface area contributed by atoms with Crippen LogP contribution >= 0.6 is 0 Å². The maximum atomic E-state index is 13.0. The monoisotopic (exact) mass is 306 g/mol. The Morgan fingerprint density at radius 1 is 1.36 bits per heavy atom. The molecule has 0 radical (unpaired) electrons. The van der Waals surface area contributed by atoms with Gasteiger partial charge in [-0.25, -0.2) is 9.07 Å². The first-order valence-corrected chi connectivity index (χ1v) is 7.17. The quantitative estimate of drug-likeness (QED) is 0.800. The van der Waals surface area contributed by atoms with E-state index in [9.17, 15) is 14.3 Å². The molecule has 1 aromatic heterocycles. The Morgan fingerprint density at radius 2 is 2.09 bits per heavy atom. The van der Waals surface area contributed by atoms with Crippen molar-refractivity contribution >= 4 is 5.91 Å². The number of carbonyl (C=O) groups excluding carboxylic acids is 1. The highest BCUT2D eigenvalue weighted by atomic mass is 19.1.